The van der Waals surface area contributed by atoms with Gasteiger partial charge in [-0.3, -0.25) is 9.59 Å². The predicted octanol–water partition coefficient (Wildman–Crippen LogP) is 3.17. The summed E-state index contributed by atoms with van der Waals surface area (Å²) in [6, 6.07) is 6.53. The maximum atomic E-state index is 12.5. The highest BCUT2D eigenvalue weighted by molar-refractivity contribution is 6.30. The topological polar surface area (TPSA) is 63.4 Å². The zero-order valence-electron chi connectivity index (χ0n) is 13.5. The number of benzene rings is 1. The minimum atomic E-state index is -0.455. The number of amides is 1. The van der Waals surface area contributed by atoms with E-state index in [1.54, 1.807) is 29.2 Å². The molecule has 1 aromatic carbocycles. The molecular formula is C17H24Cl2N2O2. The van der Waals surface area contributed by atoms with Crippen molar-refractivity contribution in [1.82, 2.24) is 4.90 Å². The molecule has 2 rings (SSSR count). The van der Waals surface area contributed by atoms with E-state index < -0.39 is 6.04 Å². The fourth-order valence-electron chi connectivity index (χ4n) is 2.71. The van der Waals surface area contributed by atoms with Crippen molar-refractivity contribution in [1.29, 1.82) is 0 Å². The predicted molar refractivity (Wildman–Crippen MR) is 95.1 cm³/mol. The van der Waals surface area contributed by atoms with Crippen LogP contribution in [0.15, 0.2) is 24.3 Å². The van der Waals surface area contributed by atoms with Gasteiger partial charge >= 0.3 is 0 Å². The van der Waals surface area contributed by atoms with E-state index in [-0.39, 0.29) is 35.9 Å². The lowest BCUT2D eigenvalue weighted by Gasteiger charge is -2.33. The van der Waals surface area contributed by atoms with Gasteiger partial charge in [-0.15, -0.1) is 12.4 Å². The number of nitrogens with zero attached hydrogens (tertiary/aromatic N) is 1. The number of piperidine rings is 1. The number of halogens is 2. The third-order valence-electron chi connectivity index (χ3n) is 4.31. The zero-order valence-corrected chi connectivity index (χ0v) is 15.1. The highest BCUT2D eigenvalue weighted by atomic mass is 35.5. The van der Waals surface area contributed by atoms with E-state index in [0.29, 0.717) is 36.5 Å². The van der Waals surface area contributed by atoms with Gasteiger partial charge in [0.15, 0.2) is 5.78 Å². The molecule has 23 heavy (non-hydrogen) atoms. The molecule has 0 radical (unpaired) electrons. The summed E-state index contributed by atoms with van der Waals surface area (Å²) >= 11 is 5.84. The lowest BCUT2D eigenvalue weighted by Crippen LogP contribution is -2.49. The van der Waals surface area contributed by atoms with Crippen LogP contribution >= 0.6 is 24.0 Å². The Hall–Kier alpha value is -1.10. The third-order valence-corrected chi connectivity index (χ3v) is 4.56. The van der Waals surface area contributed by atoms with Gasteiger partial charge in [-0.25, -0.2) is 0 Å². The Bertz CT molecular complexity index is 538. The van der Waals surface area contributed by atoms with Gasteiger partial charge in [0.1, 0.15) is 0 Å². The van der Waals surface area contributed by atoms with Crippen LogP contribution in [0.1, 0.15) is 37.0 Å². The number of carbonyl (C=O) groups is 2. The normalized spacial score (nSPS) is 16.8. The van der Waals surface area contributed by atoms with Crippen LogP contribution in [0.2, 0.25) is 5.02 Å². The number of rotatable bonds is 4. The molecule has 0 bridgehead atoms. The number of hydrogen-bond donors (Lipinski definition) is 1. The lowest BCUT2D eigenvalue weighted by molar-refractivity contribution is -0.134. The second-order valence-electron chi connectivity index (χ2n) is 6.24. The standard InChI is InChI=1S/C17H23ClN2O2.ClH/c1-11(2)15(19)17(22)20-9-7-13(8-10-20)16(21)12-3-5-14(18)6-4-12;/h3-6,11,13,15H,7-10,19H2,1-2H3;1H/t15-;/m0./s1. The summed E-state index contributed by atoms with van der Waals surface area (Å²) in [5.74, 6) is 0.228. The first-order valence-electron chi connectivity index (χ1n) is 7.74. The second-order valence-corrected chi connectivity index (χ2v) is 6.68. The van der Waals surface area contributed by atoms with Crippen molar-refractivity contribution < 1.29 is 9.59 Å². The molecule has 0 aliphatic carbocycles. The molecule has 1 heterocycles. The number of likely N-dealkylation sites (tertiary alicyclic amines) is 1. The van der Waals surface area contributed by atoms with E-state index in [1.807, 2.05) is 13.8 Å². The van der Waals surface area contributed by atoms with Crippen LogP contribution in [0.25, 0.3) is 0 Å². The maximum absolute atomic E-state index is 12.5. The molecule has 1 fully saturated rings. The van der Waals surface area contributed by atoms with Crippen LogP contribution in [0.3, 0.4) is 0 Å². The molecule has 1 saturated heterocycles. The van der Waals surface area contributed by atoms with Gasteiger partial charge in [0.2, 0.25) is 5.91 Å². The number of hydrogen-bond acceptors (Lipinski definition) is 3. The van der Waals surface area contributed by atoms with Gasteiger partial charge in [-0.1, -0.05) is 25.4 Å². The van der Waals surface area contributed by atoms with E-state index in [1.165, 1.54) is 0 Å². The van der Waals surface area contributed by atoms with Crippen molar-refractivity contribution in [2.45, 2.75) is 32.7 Å². The van der Waals surface area contributed by atoms with Crippen molar-refractivity contribution in [3.8, 4) is 0 Å². The Balaban J connectivity index is 0.00000264. The largest absolute Gasteiger partial charge is 0.341 e. The Labute approximate surface area is 148 Å². The number of nitrogens with two attached hydrogens (primary N) is 1. The molecule has 4 nitrogen and oxygen atoms in total. The first-order valence-corrected chi connectivity index (χ1v) is 8.12. The van der Waals surface area contributed by atoms with Crippen LogP contribution in [-0.2, 0) is 4.79 Å². The molecule has 0 aromatic heterocycles. The minimum absolute atomic E-state index is 0. The van der Waals surface area contributed by atoms with E-state index in [0.717, 1.165) is 0 Å². The minimum Gasteiger partial charge on any atom is -0.341 e. The first kappa shape index (κ1) is 19.9. The van der Waals surface area contributed by atoms with Gasteiger partial charge in [-0.2, -0.15) is 0 Å². The molecule has 1 aliphatic rings. The van der Waals surface area contributed by atoms with Crippen LogP contribution < -0.4 is 5.73 Å². The molecule has 0 spiro atoms. The van der Waals surface area contributed by atoms with Crippen molar-refractivity contribution in [3.05, 3.63) is 34.9 Å². The van der Waals surface area contributed by atoms with Gasteiger partial charge in [0.05, 0.1) is 6.04 Å². The van der Waals surface area contributed by atoms with Crippen molar-refractivity contribution in [2.24, 2.45) is 17.6 Å². The van der Waals surface area contributed by atoms with Gasteiger partial charge in [0, 0.05) is 29.6 Å². The highest BCUT2D eigenvalue weighted by Crippen LogP contribution is 2.23. The molecule has 0 saturated carbocycles. The average molecular weight is 359 g/mol. The highest BCUT2D eigenvalue weighted by Gasteiger charge is 2.30. The van der Waals surface area contributed by atoms with Crippen molar-refractivity contribution >= 4 is 35.7 Å². The molecular weight excluding hydrogens is 335 g/mol. The Morgan fingerprint density at radius 3 is 2.17 bits per heavy atom. The maximum Gasteiger partial charge on any atom is 0.239 e. The summed E-state index contributed by atoms with van der Waals surface area (Å²) in [4.78, 5) is 26.5. The summed E-state index contributed by atoms with van der Waals surface area (Å²) in [5, 5.41) is 0.625. The van der Waals surface area contributed by atoms with Crippen LogP contribution in [-0.4, -0.2) is 35.7 Å². The van der Waals surface area contributed by atoms with Gasteiger partial charge in [0.25, 0.3) is 0 Å². The van der Waals surface area contributed by atoms with E-state index in [2.05, 4.69) is 0 Å². The van der Waals surface area contributed by atoms with Crippen LogP contribution in [0, 0.1) is 11.8 Å². The Morgan fingerprint density at radius 2 is 1.70 bits per heavy atom. The molecule has 0 unspecified atom stereocenters. The lowest BCUT2D eigenvalue weighted by atomic mass is 9.88. The second kappa shape index (κ2) is 8.67. The van der Waals surface area contributed by atoms with E-state index in [9.17, 15) is 9.59 Å². The average Bonchev–Trinajstić information content (AvgIpc) is 2.53. The van der Waals surface area contributed by atoms with Crippen LogP contribution in [0.4, 0.5) is 0 Å². The summed E-state index contributed by atoms with van der Waals surface area (Å²) < 4.78 is 0. The number of Topliss-reactive ketones (excluding diaryl/α,β-unsaturated/α-hetero) is 1. The Morgan fingerprint density at radius 1 is 1.17 bits per heavy atom. The summed E-state index contributed by atoms with van der Waals surface area (Å²) in [6.45, 7) is 5.09. The fourth-order valence-corrected chi connectivity index (χ4v) is 2.83. The number of carbonyl (C=O) groups excluding carboxylic acids is 2. The van der Waals surface area contributed by atoms with Crippen LogP contribution in [0.5, 0.6) is 0 Å². The van der Waals surface area contributed by atoms with Crippen molar-refractivity contribution in [3.63, 3.8) is 0 Å². The molecule has 2 N–H and O–H groups in total. The quantitative estimate of drug-likeness (QED) is 0.840. The SMILES string of the molecule is CC(C)[C@H](N)C(=O)N1CCC(C(=O)c2ccc(Cl)cc2)CC1.Cl. The van der Waals surface area contributed by atoms with E-state index in [4.69, 9.17) is 17.3 Å². The first-order chi connectivity index (χ1) is 10.4. The zero-order chi connectivity index (χ0) is 16.3. The van der Waals surface area contributed by atoms with Gasteiger partial charge < -0.3 is 10.6 Å². The summed E-state index contributed by atoms with van der Waals surface area (Å²) in [7, 11) is 0. The van der Waals surface area contributed by atoms with Crippen molar-refractivity contribution in [2.75, 3.05) is 13.1 Å². The molecule has 128 valence electrons. The third kappa shape index (κ3) is 4.93. The molecule has 6 heteroatoms. The molecule has 1 atom stereocenters. The molecule has 1 aromatic rings. The smallest absolute Gasteiger partial charge is 0.239 e. The number of ketones is 1. The van der Waals surface area contributed by atoms with E-state index >= 15 is 0 Å². The monoisotopic (exact) mass is 358 g/mol. The summed E-state index contributed by atoms with van der Waals surface area (Å²) in [6.07, 6.45) is 1.38. The molecule has 1 amide bonds. The molecule has 1 aliphatic heterocycles. The fraction of sp³-hybridized carbons (Fsp3) is 0.529. The summed E-state index contributed by atoms with van der Waals surface area (Å²) in [5.41, 5.74) is 6.61. The van der Waals surface area contributed by atoms with Gasteiger partial charge in [-0.05, 0) is 43.0 Å². The Kier molecular flexibility index (Phi) is 7.52.